The maximum absolute atomic E-state index is 13.6. The van der Waals surface area contributed by atoms with Crippen molar-refractivity contribution in [2.24, 2.45) is 0 Å². The van der Waals surface area contributed by atoms with Crippen molar-refractivity contribution >= 4 is 18.2 Å². The lowest BCUT2D eigenvalue weighted by molar-refractivity contribution is 0.0268. The van der Waals surface area contributed by atoms with Crippen LogP contribution in [0.3, 0.4) is 0 Å². The SMILES string of the molecule is Cl.O=C(c1ccc(F)c2c1CCC2)C1CNCCO1. The van der Waals surface area contributed by atoms with E-state index in [1.165, 1.54) is 6.07 Å². The number of hydrogen-bond acceptors (Lipinski definition) is 3. The van der Waals surface area contributed by atoms with E-state index in [0.717, 1.165) is 36.9 Å². The summed E-state index contributed by atoms with van der Waals surface area (Å²) in [6, 6.07) is 3.02. The van der Waals surface area contributed by atoms with Gasteiger partial charge >= 0.3 is 0 Å². The molecule has 0 saturated carbocycles. The largest absolute Gasteiger partial charge is 0.367 e. The summed E-state index contributed by atoms with van der Waals surface area (Å²) in [5.74, 6) is -0.193. The number of carbonyl (C=O) groups excluding carboxylic acids is 1. The van der Waals surface area contributed by atoms with Crippen molar-refractivity contribution in [2.45, 2.75) is 25.4 Å². The summed E-state index contributed by atoms with van der Waals surface area (Å²) in [7, 11) is 0. The standard InChI is InChI=1S/C14H16FNO2.ClH/c15-12-5-4-11(9-2-1-3-10(9)12)14(17)13-8-16-6-7-18-13;/h4-5,13,16H,1-3,6-8H2;1H. The normalized spacial score (nSPS) is 21.6. The van der Waals surface area contributed by atoms with Gasteiger partial charge in [0, 0.05) is 18.7 Å². The second kappa shape index (κ2) is 5.99. The van der Waals surface area contributed by atoms with Crippen LogP contribution in [0.4, 0.5) is 4.39 Å². The van der Waals surface area contributed by atoms with Crippen molar-refractivity contribution in [2.75, 3.05) is 19.7 Å². The summed E-state index contributed by atoms with van der Waals surface area (Å²) in [5.41, 5.74) is 2.27. The zero-order valence-corrected chi connectivity index (χ0v) is 11.4. The smallest absolute Gasteiger partial charge is 0.193 e. The van der Waals surface area contributed by atoms with Crippen molar-refractivity contribution in [3.63, 3.8) is 0 Å². The Labute approximate surface area is 117 Å². The molecule has 0 amide bonds. The van der Waals surface area contributed by atoms with Gasteiger partial charge in [0.25, 0.3) is 0 Å². The molecule has 1 aliphatic carbocycles. The first-order valence-electron chi connectivity index (χ1n) is 6.44. The van der Waals surface area contributed by atoms with Crippen LogP contribution in [0.15, 0.2) is 12.1 Å². The molecule has 19 heavy (non-hydrogen) atoms. The fourth-order valence-electron chi connectivity index (χ4n) is 2.80. The van der Waals surface area contributed by atoms with Gasteiger partial charge < -0.3 is 10.1 Å². The molecule has 1 saturated heterocycles. The number of rotatable bonds is 2. The highest BCUT2D eigenvalue weighted by Gasteiger charge is 2.28. The lowest BCUT2D eigenvalue weighted by atomic mass is 9.96. The first kappa shape index (κ1) is 14.4. The molecule has 1 aromatic carbocycles. The van der Waals surface area contributed by atoms with Crippen molar-refractivity contribution < 1.29 is 13.9 Å². The van der Waals surface area contributed by atoms with E-state index in [-0.39, 0.29) is 24.0 Å². The Morgan fingerprint density at radius 1 is 1.32 bits per heavy atom. The minimum absolute atomic E-state index is 0. The van der Waals surface area contributed by atoms with Gasteiger partial charge in [-0.15, -0.1) is 12.4 Å². The summed E-state index contributed by atoms with van der Waals surface area (Å²) in [4.78, 5) is 12.4. The third kappa shape index (κ3) is 2.66. The topological polar surface area (TPSA) is 38.3 Å². The summed E-state index contributed by atoms with van der Waals surface area (Å²) in [6.07, 6.45) is 2.05. The van der Waals surface area contributed by atoms with Crippen molar-refractivity contribution in [3.05, 3.63) is 34.6 Å². The zero-order valence-electron chi connectivity index (χ0n) is 10.6. The number of carbonyl (C=O) groups is 1. The first-order chi connectivity index (χ1) is 8.77. The minimum Gasteiger partial charge on any atom is -0.367 e. The van der Waals surface area contributed by atoms with Crippen LogP contribution in [-0.4, -0.2) is 31.6 Å². The van der Waals surface area contributed by atoms with E-state index < -0.39 is 6.10 Å². The van der Waals surface area contributed by atoms with Gasteiger partial charge in [-0.1, -0.05) is 0 Å². The van der Waals surface area contributed by atoms with Gasteiger partial charge in [-0.2, -0.15) is 0 Å². The van der Waals surface area contributed by atoms with Crippen molar-refractivity contribution in [1.29, 1.82) is 0 Å². The Morgan fingerprint density at radius 3 is 2.84 bits per heavy atom. The Hall–Kier alpha value is -0.970. The average molecular weight is 286 g/mol. The summed E-state index contributed by atoms with van der Waals surface area (Å²) in [6.45, 7) is 1.88. The fourth-order valence-corrected chi connectivity index (χ4v) is 2.80. The molecule has 1 heterocycles. The zero-order chi connectivity index (χ0) is 12.5. The van der Waals surface area contributed by atoms with Crippen LogP contribution < -0.4 is 5.32 Å². The molecule has 0 spiro atoms. The predicted octanol–water partition coefficient (Wildman–Crippen LogP) is 1.91. The Morgan fingerprint density at radius 2 is 2.11 bits per heavy atom. The number of morpholine rings is 1. The van der Waals surface area contributed by atoms with Gasteiger partial charge in [-0.3, -0.25) is 4.79 Å². The number of nitrogens with one attached hydrogen (secondary N) is 1. The van der Waals surface area contributed by atoms with Crippen LogP contribution in [-0.2, 0) is 17.6 Å². The van der Waals surface area contributed by atoms with Gasteiger partial charge in [0.1, 0.15) is 11.9 Å². The first-order valence-corrected chi connectivity index (χ1v) is 6.44. The number of hydrogen-bond donors (Lipinski definition) is 1. The third-order valence-electron chi connectivity index (χ3n) is 3.71. The van der Waals surface area contributed by atoms with Crippen molar-refractivity contribution in [3.8, 4) is 0 Å². The second-order valence-electron chi connectivity index (χ2n) is 4.83. The molecule has 3 rings (SSSR count). The molecule has 1 atom stereocenters. The second-order valence-corrected chi connectivity index (χ2v) is 4.83. The highest BCUT2D eigenvalue weighted by atomic mass is 35.5. The molecule has 5 heteroatoms. The number of benzene rings is 1. The maximum Gasteiger partial charge on any atom is 0.193 e. The number of ether oxygens (including phenoxy) is 1. The molecule has 0 radical (unpaired) electrons. The summed E-state index contributed by atoms with van der Waals surface area (Å²) < 4.78 is 19.1. The van der Waals surface area contributed by atoms with Crippen LogP contribution in [0.1, 0.15) is 27.9 Å². The maximum atomic E-state index is 13.6. The fraction of sp³-hybridized carbons (Fsp3) is 0.500. The van der Waals surface area contributed by atoms with Crippen LogP contribution in [0.25, 0.3) is 0 Å². The lowest BCUT2D eigenvalue weighted by Gasteiger charge is -2.23. The monoisotopic (exact) mass is 285 g/mol. The van der Waals surface area contributed by atoms with E-state index in [1.54, 1.807) is 6.07 Å². The molecule has 1 aliphatic heterocycles. The van der Waals surface area contributed by atoms with E-state index in [1.807, 2.05) is 0 Å². The quantitative estimate of drug-likeness (QED) is 0.844. The van der Waals surface area contributed by atoms with E-state index >= 15 is 0 Å². The van der Waals surface area contributed by atoms with Gasteiger partial charge in [-0.05, 0) is 42.5 Å². The van der Waals surface area contributed by atoms with Crippen LogP contribution >= 0.6 is 12.4 Å². The molecule has 1 N–H and O–H groups in total. The Balaban J connectivity index is 0.00000133. The summed E-state index contributed by atoms with van der Waals surface area (Å²) in [5, 5.41) is 3.14. The van der Waals surface area contributed by atoms with Gasteiger partial charge in [0.05, 0.1) is 6.61 Å². The molecule has 0 aromatic heterocycles. The molecular formula is C14H17ClFNO2. The van der Waals surface area contributed by atoms with Gasteiger partial charge in [0.15, 0.2) is 5.78 Å². The van der Waals surface area contributed by atoms with Crippen LogP contribution in [0.5, 0.6) is 0 Å². The molecule has 1 unspecified atom stereocenters. The third-order valence-corrected chi connectivity index (χ3v) is 3.71. The van der Waals surface area contributed by atoms with Gasteiger partial charge in [0.2, 0.25) is 0 Å². The molecule has 1 fully saturated rings. The Bertz CT molecular complexity index is 487. The van der Waals surface area contributed by atoms with Crippen molar-refractivity contribution in [1.82, 2.24) is 5.32 Å². The number of fused-ring (bicyclic) bond motifs is 1. The molecule has 2 aliphatic rings. The van der Waals surface area contributed by atoms with E-state index in [4.69, 9.17) is 4.74 Å². The molecule has 3 nitrogen and oxygen atoms in total. The number of halogens is 2. The highest BCUT2D eigenvalue weighted by molar-refractivity contribution is 6.01. The summed E-state index contributed by atoms with van der Waals surface area (Å²) >= 11 is 0. The van der Waals surface area contributed by atoms with E-state index in [9.17, 15) is 9.18 Å². The highest BCUT2D eigenvalue weighted by Crippen LogP contribution is 2.29. The van der Waals surface area contributed by atoms with Gasteiger partial charge in [-0.25, -0.2) is 4.39 Å². The molecule has 104 valence electrons. The lowest BCUT2D eigenvalue weighted by Crippen LogP contribution is -2.43. The molecular weight excluding hydrogens is 269 g/mol. The van der Waals surface area contributed by atoms with Crippen LogP contribution in [0.2, 0.25) is 0 Å². The Kier molecular flexibility index (Phi) is 4.55. The van der Waals surface area contributed by atoms with E-state index in [2.05, 4.69) is 5.32 Å². The minimum atomic E-state index is -0.422. The molecule has 0 bridgehead atoms. The average Bonchev–Trinajstić information content (AvgIpc) is 2.90. The predicted molar refractivity (Wildman–Crippen MR) is 72.6 cm³/mol. The van der Waals surface area contributed by atoms with Crippen LogP contribution in [0, 0.1) is 5.82 Å². The number of ketones is 1. The molecule has 1 aromatic rings. The van der Waals surface area contributed by atoms with E-state index in [0.29, 0.717) is 18.7 Å². The number of Topliss-reactive ketones (excluding diaryl/α,β-unsaturated/α-hetero) is 1.